The molecule has 3 atom stereocenters. The van der Waals surface area contributed by atoms with Gasteiger partial charge < -0.3 is 4.74 Å². The highest BCUT2D eigenvalue weighted by Gasteiger charge is 2.32. The van der Waals surface area contributed by atoms with Crippen LogP contribution in [0.4, 0.5) is 10.1 Å². The molecule has 1 aromatic rings. The van der Waals surface area contributed by atoms with E-state index in [1.807, 2.05) is 13.8 Å². The summed E-state index contributed by atoms with van der Waals surface area (Å²) in [6.07, 6.45) is 1.64. The minimum Gasteiger partial charge on any atom is -0.370 e. The molecule has 0 amide bonds. The molecule has 0 spiro atoms. The van der Waals surface area contributed by atoms with Crippen molar-refractivity contribution in [1.29, 1.82) is 0 Å². The highest BCUT2D eigenvalue weighted by molar-refractivity contribution is 5.38. The van der Waals surface area contributed by atoms with Gasteiger partial charge >= 0.3 is 5.69 Å². The van der Waals surface area contributed by atoms with Crippen molar-refractivity contribution in [3.63, 3.8) is 0 Å². The largest absolute Gasteiger partial charge is 0.370 e. The van der Waals surface area contributed by atoms with Gasteiger partial charge in [0.15, 0.2) is 0 Å². The van der Waals surface area contributed by atoms with Crippen LogP contribution in [0.2, 0.25) is 0 Å². The molecule has 1 aromatic carbocycles. The molecule has 4 nitrogen and oxygen atoms in total. The molecule has 1 fully saturated rings. The average Bonchev–Trinajstić information content (AvgIpc) is 2.38. The lowest BCUT2D eigenvalue weighted by Crippen LogP contribution is -2.28. The second-order valence-corrected chi connectivity index (χ2v) is 5.37. The Labute approximate surface area is 117 Å². The Morgan fingerprint density at radius 1 is 1.50 bits per heavy atom. The van der Waals surface area contributed by atoms with Gasteiger partial charge in [0.05, 0.1) is 17.1 Å². The molecule has 1 heterocycles. The van der Waals surface area contributed by atoms with Gasteiger partial charge in [0.1, 0.15) is 0 Å². The van der Waals surface area contributed by atoms with Gasteiger partial charge in [-0.1, -0.05) is 18.2 Å². The third kappa shape index (κ3) is 2.88. The number of halogens is 1. The minimum absolute atomic E-state index is 0.0831. The predicted octanol–water partition coefficient (Wildman–Crippen LogP) is 4.17. The zero-order chi connectivity index (χ0) is 14.9. The van der Waals surface area contributed by atoms with Gasteiger partial charge in [-0.2, -0.15) is 4.39 Å². The normalized spacial score (nSPS) is 26.2. The Morgan fingerprint density at radius 2 is 2.20 bits per heavy atom. The number of rotatable bonds is 3. The van der Waals surface area contributed by atoms with Crippen molar-refractivity contribution < 1.29 is 14.1 Å². The molecule has 2 rings (SSSR count). The highest BCUT2D eigenvalue weighted by Crippen LogP contribution is 2.40. The van der Waals surface area contributed by atoms with Crippen LogP contribution in [0.1, 0.15) is 38.4 Å². The molecule has 0 N–H and O–H groups in total. The molecule has 20 heavy (non-hydrogen) atoms. The number of hydrogen-bond acceptors (Lipinski definition) is 3. The maximum absolute atomic E-state index is 13.4. The zero-order valence-electron chi connectivity index (χ0n) is 11.6. The average molecular weight is 279 g/mol. The Bertz CT molecular complexity index is 544. The summed E-state index contributed by atoms with van der Waals surface area (Å²) in [5, 5.41) is 10.8. The predicted molar refractivity (Wildman–Crippen MR) is 73.9 cm³/mol. The number of hydrogen-bond donors (Lipinski definition) is 0. The monoisotopic (exact) mass is 279 g/mol. The van der Waals surface area contributed by atoms with Crippen LogP contribution in [0.5, 0.6) is 0 Å². The first-order valence-electron chi connectivity index (χ1n) is 6.65. The van der Waals surface area contributed by atoms with Crippen LogP contribution in [-0.4, -0.2) is 11.0 Å². The first-order valence-corrected chi connectivity index (χ1v) is 6.65. The van der Waals surface area contributed by atoms with Crippen LogP contribution >= 0.6 is 0 Å². The van der Waals surface area contributed by atoms with Crippen molar-refractivity contribution in [3.8, 4) is 0 Å². The minimum atomic E-state index is -0.825. The summed E-state index contributed by atoms with van der Waals surface area (Å²) in [5.41, 5.74) is 1.11. The summed E-state index contributed by atoms with van der Waals surface area (Å²) in [4.78, 5) is 10.1. The third-order valence-electron chi connectivity index (χ3n) is 3.76. The van der Waals surface area contributed by atoms with E-state index in [9.17, 15) is 14.5 Å². The van der Waals surface area contributed by atoms with E-state index in [0.29, 0.717) is 5.56 Å². The van der Waals surface area contributed by atoms with Gasteiger partial charge in [0.25, 0.3) is 0 Å². The summed E-state index contributed by atoms with van der Waals surface area (Å²) in [7, 11) is 0. The van der Waals surface area contributed by atoms with Crippen molar-refractivity contribution in [2.24, 2.45) is 5.92 Å². The Balaban J connectivity index is 2.39. The quantitative estimate of drug-likeness (QED) is 0.474. The lowest BCUT2D eigenvalue weighted by atomic mass is 9.83. The molecule has 108 valence electrons. The van der Waals surface area contributed by atoms with Gasteiger partial charge in [0, 0.05) is 12.0 Å². The van der Waals surface area contributed by atoms with Gasteiger partial charge in [0.2, 0.25) is 5.82 Å². The number of ether oxygens (including phenoxy) is 1. The van der Waals surface area contributed by atoms with Crippen LogP contribution in [0.25, 0.3) is 0 Å². The Hall–Kier alpha value is -1.75. The standard InChI is InChI=1S/C15H18FNO3/c1-9(2)12-6-4-10(3)20-15(12)11-5-7-13(16)14(8-11)17(18)19/h5,7-8,10,12,15H,1,4,6H2,2-3H3/t10-,12+,15+/m0/s1. The van der Waals surface area contributed by atoms with Crippen molar-refractivity contribution in [1.82, 2.24) is 0 Å². The molecule has 0 aromatic heterocycles. The SMILES string of the molecule is C=C(C)[C@H]1CC[C@H](C)O[C@@H]1c1ccc(F)c([N+](=O)[O-])c1. The summed E-state index contributed by atoms with van der Waals surface area (Å²) in [5.74, 6) is -0.717. The molecule has 5 heteroatoms. The van der Waals surface area contributed by atoms with Gasteiger partial charge in [-0.3, -0.25) is 10.1 Å². The zero-order valence-corrected chi connectivity index (χ0v) is 11.6. The lowest BCUT2D eigenvalue weighted by Gasteiger charge is -2.36. The molecule has 0 saturated carbocycles. The molecule has 0 aliphatic carbocycles. The number of nitro benzene ring substituents is 1. The van der Waals surface area contributed by atoms with E-state index in [1.165, 1.54) is 6.07 Å². The van der Waals surface area contributed by atoms with Gasteiger partial charge in [-0.25, -0.2) is 0 Å². The molecule has 0 unspecified atom stereocenters. The second kappa shape index (κ2) is 5.71. The number of nitrogens with zero attached hydrogens (tertiary/aromatic N) is 1. The summed E-state index contributed by atoms with van der Waals surface area (Å²) < 4.78 is 19.3. The van der Waals surface area contributed by atoms with Crippen molar-refractivity contribution >= 4 is 5.69 Å². The smallest absolute Gasteiger partial charge is 0.305 e. The summed E-state index contributed by atoms with van der Waals surface area (Å²) in [6, 6.07) is 3.96. The molecule has 0 bridgehead atoms. The second-order valence-electron chi connectivity index (χ2n) is 5.37. The van der Waals surface area contributed by atoms with E-state index < -0.39 is 16.4 Å². The fourth-order valence-corrected chi connectivity index (χ4v) is 2.64. The Morgan fingerprint density at radius 3 is 2.80 bits per heavy atom. The number of benzene rings is 1. The highest BCUT2D eigenvalue weighted by atomic mass is 19.1. The van der Waals surface area contributed by atoms with Crippen molar-refractivity contribution in [3.05, 3.63) is 51.8 Å². The fraction of sp³-hybridized carbons (Fsp3) is 0.467. The van der Waals surface area contributed by atoms with E-state index in [4.69, 9.17) is 4.74 Å². The molecule has 1 saturated heterocycles. The lowest BCUT2D eigenvalue weighted by molar-refractivity contribution is -0.387. The molecule has 1 aliphatic rings. The molecule has 1 aliphatic heterocycles. The summed E-state index contributed by atoms with van der Waals surface area (Å²) in [6.45, 7) is 7.86. The van der Waals surface area contributed by atoms with Crippen LogP contribution < -0.4 is 0 Å². The molecule has 0 radical (unpaired) electrons. The first kappa shape index (κ1) is 14.7. The van der Waals surface area contributed by atoms with Gasteiger partial charge in [-0.05, 0) is 38.3 Å². The molecular weight excluding hydrogens is 261 g/mol. The third-order valence-corrected chi connectivity index (χ3v) is 3.76. The van der Waals surface area contributed by atoms with Gasteiger partial charge in [-0.15, -0.1) is 0 Å². The number of nitro groups is 1. The van der Waals surface area contributed by atoms with Crippen molar-refractivity contribution in [2.45, 2.75) is 38.9 Å². The van der Waals surface area contributed by atoms with E-state index in [1.54, 1.807) is 6.07 Å². The van der Waals surface area contributed by atoms with Crippen LogP contribution in [0.15, 0.2) is 30.4 Å². The topological polar surface area (TPSA) is 52.4 Å². The van der Waals surface area contributed by atoms with E-state index in [0.717, 1.165) is 24.5 Å². The van der Waals surface area contributed by atoms with Crippen LogP contribution in [-0.2, 0) is 4.74 Å². The molecular formula is C15H18FNO3. The summed E-state index contributed by atoms with van der Waals surface area (Å²) >= 11 is 0. The van der Waals surface area contributed by atoms with Crippen LogP contribution in [0, 0.1) is 21.8 Å². The maximum Gasteiger partial charge on any atom is 0.305 e. The van der Waals surface area contributed by atoms with E-state index in [2.05, 4.69) is 6.58 Å². The van der Waals surface area contributed by atoms with E-state index in [-0.39, 0.29) is 18.1 Å². The maximum atomic E-state index is 13.4. The van der Waals surface area contributed by atoms with Crippen molar-refractivity contribution in [2.75, 3.05) is 0 Å². The Kier molecular flexibility index (Phi) is 4.18. The van der Waals surface area contributed by atoms with Crippen LogP contribution in [0.3, 0.4) is 0 Å². The fourth-order valence-electron chi connectivity index (χ4n) is 2.64. The first-order chi connectivity index (χ1) is 9.40. The van der Waals surface area contributed by atoms with E-state index >= 15 is 0 Å².